The van der Waals surface area contributed by atoms with Crippen molar-refractivity contribution in [2.75, 3.05) is 48.3 Å². The van der Waals surface area contributed by atoms with Crippen LogP contribution < -0.4 is 15.5 Å². The minimum atomic E-state index is -0.0508. The molecule has 0 atom stereocenters. The quantitative estimate of drug-likeness (QED) is 0.883. The van der Waals surface area contributed by atoms with Crippen LogP contribution >= 0.6 is 0 Å². The number of aryl methyl sites for hydroxylation is 2. The van der Waals surface area contributed by atoms with Crippen LogP contribution in [0.5, 0.6) is 0 Å². The number of carbonyl (C=O) groups is 1. The predicted octanol–water partition coefficient (Wildman–Crippen LogP) is 2.88. The number of hydrogen-bond acceptors (Lipinski definition) is 5. The van der Waals surface area contributed by atoms with E-state index in [-0.39, 0.29) is 6.03 Å². The number of nitrogens with zero attached hydrogens (tertiary/aromatic N) is 4. The average molecular weight is 354 g/mol. The topological polar surface area (TPSA) is 73.4 Å². The van der Waals surface area contributed by atoms with Gasteiger partial charge in [-0.1, -0.05) is 17.7 Å². The third-order valence-corrected chi connectivity index (χ3v) is 4.52. The van der Waals surface area contributed by atoms with Crippen LogP contribution in [0.3, 0.4) is 0 Å². The molecule has 0 unspecified atom stereocenters. The molecule has 1 fully saturated rings. The number of amides is 2. The molecule has 0 spiro atoms. The Balaban J connectivity index is 1.55. The summed E-state index contributed by atoms with van der Waals surface area (Å²) in [4.78, 5) is 16.5. The van der Waals surface area contributed by atoms with Crippen LogP contribution in [-0.2, 0) is 0 Å². The molecule has 1 aliphatic heterocycles. The summed E-state index contributed by atoms with van der Waals surface area (Å²) < 4.78 is 0. The summed E-state index contributed by atoms with van der Waals surface area (Å²) in [5, 5.41) is 14.6. The Bertz CT molecular complexity index is 753. The normalized spacial score (nSPS) is 14.3. The summed E-state index contributed by atoms with van der Waals surface area (Å²) in [5.74, 6) is 1.63. The number of rotatable bonds is 4. The number of nitrogens with one attached hydrogen (secondary N) is 2. The number of aromatic nitrogens is 2. The number of benzene rings is 1. The Morgan fingerprint density at radius 2 is 1.85 bits per heavy atom. The molecule has 2 aromatic rings. The fraction of sp³-hybridized carbons (Fsp3) is 0.421. The summed E-state index contributed by atoms with van der Waals surface area (Å²) in [6.45, 7) is 9.72. The van der Waals surface area contributed by atoms with E-state index in [1.165, 1.54) is 5.56 Å². The lowest BCUT2D eigenvalue weighted by molar-refractivity contribution is 0.208. The molecule has 0 saturated carbocycles. The van der Waals surface area contributed by atoms with Gasteiger partial charge in [0, 0.05) is 38.4 Å². The van der Waals surface area contributed by atoms with E-state index in [4.69, 9.17) is 0 Å². The van der Waals surface area contributed by atoms with E-state index in [0.29, 0.717) is 13.1 Å². The zero-order valence-corrected chi connectivity index (χ0v) is 15.6. The maximum Gasteiger partial charge on any atom is 0.321 e. The zero-order chi connectivity index (χ0) is 18.5. The van der Waals surface area contributed by atoms with Crippen LogP contribution in [0.1, 0.15) is 18.1 Å². The summed E-state index contributed by atoms with van der Waals surface area (Å²) in [7, 11) is 0. The number of piperazine rings is 1. The minimum absolute atomic E-state index is 0.0508. The second-order valence-corrected chi connectivity index (χ2v) is 6.53. The summed E-state index contributed by atoms with van der Waals surface area (Å²) >= 11 is 0. The molecule has 0 aliphatic carbocycles. The lowest BCUT2D eigenvalue weighted by Crippen LogP contribution is -2.50. The van der Waals surface area contributed by atoms with Gasteiger partial charge < -0.3 is 20.4 Å². The molecule has 2 amide bonds. The van der Waals surface area contributed by atoms with Gasteiger partial charge in [0.05, 0.1) is 0 Å². The van der Waals surface area contributed by atoms with Crippen LogP contribution in [0.2, 0.25) is 0 Å². The van der Waals surface area contributed by atoms with E-state index in [2.05, 4.69) is 31.8 Å². The van der Waals surface area contributed by atoms with Gasteiger partial charge in [-0.2, -0.15) is 0 Å². The molecule has 138 valence electrons. The minimum Gasteiger partial charge on any atom is -0.369 e. The molecule has 1 aromatic heterocycles. The van der Waals surface area contributed by atoms with Crippen molar-refractivity contribution in [1.29, 1.82) is 0 Å². The fourth-order valence-electron chi connectivity index (χ4n) is 3.06. The lowest BCUT2D eigenvalue weighted by Gasteiger charge is -2.35. The van der Waals surface area contributed by atoms with E-state index < -0.39 is 0 Å². The van der Waals surface area contributed by atoms with Gasteiger partial charge in [0.2, 0.25) is 0 Å². The smallest absolute Gasteiger partial charge is 0.321 e. The predicted molar refractivity (Wildman–Crippen MR) is 105 cm³/mol. The Morgan fingerprint density at radius 3 is 2.46 bits per heavy atom. The number of carbonyl (C=O) groups excluding carboxylic acids is 1. The zero-order valence-electron chi connectivity index (χ0n) is 15.6. The number of anilines is 3. The molecular weight excluding hydrogens is 328 g/mol. The third-order valence-electron chi connectivity index (χ3n) is 4.52. The number of urea groups is 1. The first-order valence-corrected chi connectivity index (χ1v) is 9.02. The van der Waals surface area contributed by atoms with Crippen molar-refractivity contribution in [3.8, 4) is 0 Å². The molecular formula is C19H26N6O. The fourth-order valence-corrected chi connectivity index (χ4v) is 3.06. The Morgan fingerprint density at radius 1 is 1.08 bits per heavy atom. The molecule has 3 rings (SSSR count). The molecule has 1 aromatic carbocycles. The summed E-state index contributed by atoms with van der Waals surface area (Å²) in [6, 6.07) is 9.90. The first-order valence-electron chi connectivity index (χ1n) is 9.02. The number of hydrogen-bond donors (Lipinski definition) is 2. The van der Waals surface area contributed by atoms with Crippen molar-refractivity contribution in [3.05, 3.63) is 41.5 Å². The molecule has 0 bridgehead atoms. The van der Waals surface area contributed by atoms with Gasteiger partial charge in [-0.15, -0.1) is 10.2 Å². The molecule has 7 heteroatoms. The highest BCUT2D eigenvalue weighted by molar-refractivity contribution is 5.90. The first kappa shape index (κ1) is 18.0. The van der Waals surface area contributed by atoms with Crippen molar-refractivity contribution >= 4 is 23.4 Å². The average Bonchev–Trinajstić information content (AvgIpc) is 2.65. The Kier molecular flexibility index (Phi) is 5.55. The van der Waals surface area contributed by atoms with Crippen molar-refractivity contribution < 1.29 is 4.79 Å². The van der Waals surface area contributed by atoms with Crippen LogP contribution in [0.4, 0.5) is 22.1 Å². The maximum atomic E-state index is 12.5. The second-order valence-electron chi connectivity index (χ2n) is 6.53. The Hall–Kier alpha value is -2.83. The monoisotopic (exact) mass is 354 g/mol. The van der Waals surface area contributed by atoms with E-state index in [0.717, 1.165) is 42.5 Å². The van der Waals surface area contributed by atoms with Crippen molar-refractivity contribution in [3.63, 3.8) is 0 Å². The Labute approximate surface area is 154 Å². The molecule has 2 heterocycles. The molecule has 0 radical (unpaired) electrons. The SMILES string of the molecule is CCNc1ccc(N2CCN(C(=O)Nc3ccc(C)cc3C)CC2)nn1. The molecule has 1 aliphatic rings. The van der Waals surface area contributed by atoms with Gasteiger partial charge >= 0.3 is 6.03 Å². The summed E-state index contributed by atoms with van der Waals surface area (Å²) in [6.07, 6.45) is 0. The van der Waals surface area contributed by atoms with Crippen LogP contribution in [-0.4, -0.2) is 53.9 Å². The largest absolute Gasteiger partial charge is 0.369 e. The van der Waals surface area contributed by atoms with Gasteiger partial charge in [-0.3, -0.25) is 0 Å². The standard InChI is InChI=1S/C19H26N6O/c1-4-20-17-7-8-18(23-22-17)24-9-11-25(12-10-24)19(26)21-16-6-5-14(2)13-15(16)3/h5-8,13H,4,9-12H2,1-3H3,(H,20,22)(H,21,26). The lowest BCUT2D eigenvalue weighted by atomic mass is 10.1. The van der Waals surface area contributed by atoms with Crippen molar-refractivity contribution in [2.45, 2.75) is 20.8 Å². The van der Waals surface area contributed by atoms with E-state index in [1.807, 2.05) is 49.9 Å². The highest BCUT2D eigenvalue weighted by atomic mass is 16.2. The first-order chi connectivity index (χ1) is 12.6. The van der Waals surface area contributed by atoms with Gasteiger partial charge in [0.1, 0.15) is 5.82 Å². The maximum absolute atomic E-state index is 12.5. The molecule has 1 saturated heterocycles. The van der Waals surface area contributed by atoms with Gasteiger partial charge in [-0.25, -0.2) is 4.79 Å². The highest BCUT2D eigenvalue weighted by Crippen LogP contribution is 2.18. The van der Waals surface area contributed by atoms with E-state index in [9.17, 15) is 4.79 Å². The van der Waals surface area contributed by atoms with Gasteiger partial charge in [0.25, 0.3) is 0 Å². The summed E-state index contributed by atoms with van der Waals surface area (Å²) in [5.41, 5.74) is 3.14. The van der Waals surface area contributed by atoms with Crippen molar-refractivity contribution in [1.82, 2.24) is 15.1 Å². The van der Waals surface area contributed by atoms with Gasteiger partial charge in [0.15, 0.2) is 5.82 Å². The van der Waals surface area contributed by atoms with E-state index >= 15 is 0 Å². The highest BCUT2D eigenvalue weighted by Gasteiger charge is 2.22. The van der Waals surface area contributed by atoms with E-state index in [1.54, 1.807) is 0 Å². The van der Waals surface area contributed by atoms with Crippen molar-refractivity contribution in [2.24, 2.45) is 0 Å². The van der Waals surface area contributed by atoms with Gasteiger partial charge in [-0.05, 0) is 44.5 Å². The van der Waals surface area contributed by atoms with Crippen LogP contribution in [0.15, 0.2) is 30.3 Å². The molecule has 2 N–H and O–H groups in total. The molecule has 26 heavy (non-hydrogen) atoms. The second kappa shape index (κ2) is 8.03. The van der Waals surface area contributed by atoms with Crippen LogP contribution in [0.25, 0.3) is 0 Å². The third kappa shape index (κ3) is 4.22. The molecule has 7 nitrogen and oxygen atoms in total. The van der Waals surface area contributed by atoms with Crippen LogP contribution in [0, 0.1) is 13.8 Å².